The van der Waals surface area contributed by atoms with Crippen LogP contribution in [0.5, 0.6) is 5.75 Å². The quantitative estimate of drug-likeness (QED) is 0.308. The molecule has 0 amide bonds. The molecule has 4 rings (SSSR count). The summed E-state index contributed by atoms with van der Waals surface area (Å²) in [6, 6.07) is 19.9. The van der Waals surface area contributed by atoms with E-state index >= 15 is 0 Å². The summed E-state index contributed by atoms with van der Waals surface area (Å²) in [5.41, 5.74) is 9.06. The minimum absolute atomic E-state index is 0.488. The molecule has 0 radical (unpaired) electrons. The molecule has 4 aromatic rings. The zero-order chi connectivity index (χ0) is 20.0. The van der Waals surface area contributed by atoms with Crippen LogP contribution in [-0.2, 0) is 7.05 Å². The van der Waals surface area contributed by atoms with Gasteiger partial charge >= 0.3 is 0 Å². The fourth-order valence-electron chi connectivity index (χ4n) is 4.29. The molecule has 2 nitrogen and oxygen atoms in total. The topological polar surface area (TPSA) is 13.1 Å². The standard InChI is InChI=1S/C26H28NO/c1-16(2)19-10-12-23-21(14-19)26(25-17(3)8-7-9-18(25)4)22-15-20(28-6)11-13-24(22)27(23)5/h7-16H,1-6H3/q+1. The minimum Gasteiger partial charge on any atom is -0.497 e. The Morgan fingerprint density at radius 2 is 1.39 bits per heavy atom. The van der Waals surface area contributed by atoms with Crippen molar-refractivity contribution in [3.63, 3.8) is 0 Å². The molecule has 0 aliphatic heterocycles. The van der Waals surface area contributed by atoms with E-state index in [1.807, 2.05) is 6.07 Å². The van der Waals surface area contributed by atoms with E-state index in [1.54, 1.807) is 7.11 Å². The summed E-state index contributed by atoms with van der Waals surface area (Å²) in [6.07, 6.45) is 0. The van der Waals surface area contributed by atoms with Crippen LogP contribution in [0.4, 0.5) is 0 Å². The van der Waals surface area contributed by atoms with Gasteiger partial charge in [-0.25, -0.2) is 0 Å². The smallest absolute Gasteiger partial charge is 0.213 e. The summed E-state index contributed by atoms with van der Waals surface area (Å²) in [5, 5.41) is 2.53. The summed E-state index contributed by atoms with van der Waals surface area (Å²) in [7, 11) is 3.89. The number of hydrogen-bond acceptors (Lipinski definition) is 1. The number of rotatable bonds is 3. The molecule has 28 heavy (non-hydrogen) atoms. The molecule has 0 aliphatic rings. The van der Waals surface area contributed by atoms with Crippen molar-refractivity contribution < 1.29 is 9.30 Å². The highest BCUT2D eigenvalue weighted by Crippen LogP contribution is 2.39. The highest BCUT2D eigenvalue weighted by molar-refractivity contribution is 6.08. The first-order valence-electron chi connectivity index (χ1n) is 9.92. The molecular weight excluding hydrogens is 342 g/mol. The molecule has 0 saturated heterocycles. The van der Waals surface area contributed by atoms with Crippen molar-refractivity contribution in [2.24, 2.45) is 7.05 Å². The van der Waals surface area contributed by atoms with E-state index in [9.17, 15) is 0 Å². The maximum absolute atomic E-state index is 5.58. The molecule has 142 valence electrons. The van der Waals surface area contributed by atoms with E-state index in [0.29, 0.717) is 5.92 Å². The summed E-state index contributed by atoms with van der Waals surface area (Å²) in [5.74, 6) is 1.38. The fourth-order valence-corrected chi connectivity index (χ4v) is 4.29. The zero-order valence-corrected chi connectivity index (χ0v) is 17.6. The van der Waals surface area contributed by atoms with Crippen molar-refractivity contribution >= 4 is 21.8 Å². The minimum atomic E-state index is 0.488. The van der Waals surface area contributed by atoms with Crippen molar-refractivity contribution in [3.8, 4) is 16.9 Å². The van der Waals surface area contributed by atoms with Crippen LogP contribution in [0.15, 0.2) is 54.6 Å². The first-order valence-corrected chi connectivity index (χ1v) is 9.92. The molecule has 0 aliphatic carbocycles. The molecule has 1 heterocycles. The van der Waals surface area contributed by atoms with Crippen LogP contribution >= 0.6 is 0 Å². The average molecular weight is 371 g/mol. The van der Waals surface area contributed by atoms with Crippen molar-refractivity contribution in [3.05, 3.63) is 71.3 Å². The van der Waals surface area contributed by atoms with Crippen LogP contribution < -0.4 is 9.30 Å². The number of nitrogens with zero attached hydrogens (tertiary/aromatic N) is 1. The molecule has 0 saturated carbocycles. The predicted octanol–water partition coefficient (Wildman–Crippen LogP) is 6.23. The van der Waals surface area contributed by atoms with Crippen molar-refractivity contribution in [1.82, 2.24) is 0 Å². The number of aryl methyl sites for hydroxylation is 3. The SMILES string of the molecule is COc1ccc2c(c1)c(-c1c(C)cccc1C)c1cc(C(C)C)ccc1[n+]2C. The Balaban J connectivity index is 2.28. The second-order valence-corrected chi connectivity index (χ2v) is 8.02. The lowest BCUT2D eigenvalue weighted by Crippen LogP contribution is -2.30. The summed E-state index contributed by atoms with van der Waals surface area (Å²) in [4.78, 5) is 0. The Kier molecular flexibility index (Phi) is 4.58. The van der Waals surface area contributed by atoms with Crippen LogP contribution in [0.3, 0.4) is 0 Å². The van der Waals surface area contributed by atoms with Crippen LogP contribution in [0.25, 0.3) is 32.9 Å². The maximum atomic E-state index is 5.58. The number of hydrogen-bond donors (Lipinski definition) is 0. The van der Waals surface area contributed by atoms with Gasteiger partial charge in [0.05, 0.1) is 17.9 Å². The maximum Gasteiger partial charge on any atom is 0.213 e. The Morgan fingerprint density at radius 1 is 0.786 bits per heavy atom. The highest BCUT2D eigenvalue weighted by atomic mass is 16.5. The zero-order valence-electron chi connectivity index (χ0n) is 17.6. The lowest BCUT2D eigenvalue weighted by atomic mass is 9.88. The van der Waals surface area contributed by atoms with Gasteiger partial charge in [-0.3, -0.25) is 0 Å². The van der Waals surface area contributed by atoms with Crippen molar-refractivity contribution in [1.29, 1.82) is 0 Å². The monoisotopic (exact) mass is 370 g/mol. The molecule has 1 aromatic heterocycles. The largest absolute Gasteiger partial charge is 0.497 e. The van der Waals surface area contributed by atoms with Crippen LogP contribution in [0, 0.1) is 13.8 Å². The third-order valence-corrected chi connectivity index (χ3v) is 5.88. The fraction of sp³-hybridized carbons (Fsp3) is 0.269. The van der Waals surface area contributed by atoms with Crippen molar-refractivity contribution in [2.75, 3.05) is 7.11 Å². The van der Waals surface area contributed by atoms with E-state index in [0.717, 1.165) is 5.75 Å². The molecule has 0 N–H and O–H groups in total. The van der Waals surface area contributed by atoms with Gasteiger partial charge in [0, 0.05) is 17.7 Å². The predicted molar refractivity (Wildman–Crippen MR) is 118 cm³/mol. The van der Waals surface area contributed by atoms with Gasteiger partial charge in [0.25, 0.3) is 0 Å². The van der Waals surface area contributed by atoms with Gasteiger partial charge in [0.15, 0.2) is 0 Å². The lowest BCUT2D eigenvalue weighted by molar-refractivity contribution is -0.617. The third kappa shape index (κ3) is 2.84. The molecule has 0 spiro atoms. The van der Waals surface area contributed by atoms with Crippen LogP contribution in [-0.4, -0.2) is 7.11 Å². The van der Waals surface area contributed by atoms with Crippen molar-refractivity contribution in [2.45, 2.75) is 33.6 Å². The van der Waals surface area contributed by atoms with Gasteiger partial charge < -0.3 is 4.74 Å². The number of ether oxygens (including phenoxy) is 1. The summed E-state index contributed by atoms with van der Waals surface area (Å²) in [6.45, 7) is 8.92. The molecule has 0 unspecified atom stereocenters. The van der Waals surface area contributed by atoms with Gasteiger partial charge in [0.1, 0.15) is 12.8 Å². The van der Waals surface area contributed by atoms with Gasteiger partial charge in [-0.1, -0.05) is 38.1 Å². The molecule has 0 bridgehead atoms. The number of aromatic nitrogens is 1. The lowest BCUT2D eigenvalue weighted by Gasteiger charge is -2.17. The third-order valence-electron chi connectivity index (χ3n) is 5.88. The second kappa shape index (κ2) is 6.94. The number of methoxy groups -OCH3 is 1. The first-order chi connectivity index (χ1) is 13.4. The van der Waals surface area contributed by atoms with Crippen LogP contribution in [0.1, 0.15) is 36.5 Å². The van der Waals surface area contributed by atoms with E-state index < -0.39 is 0 Å². The molecule has 3 aromatic carbocycles. The molecular formula is C26H28NO+. The molecule has 2 heteroatoms. The highest BCUT2D eigenvalue weighted by Gasteiger charge is 2.22. The van der Waals surface area contributed by atoms with E-state index in [2.05, 4.69) is 87.8 Å². The average Bonchev–Trinajstić information content (AvgIpc) is 2.69. The van der Waals surface area contributed by atoms with E-state index in [-0.39, 0.29) is 0 Å². The molecule has 0 atom stereocenters. The van der Waals surface area contributed by atoms with Gasteiger partial charge in [0.2, 0.25) is 11.0 Å². The first kappa shape index (κ1) is 18.5. The summed E-state index contributed by atoms with van der Waals surface area (Å²) >= 11 is 0. The second-order valence-electron chi connectivity index (χ2n) is 8.02. The number of benzene rings is 3. The normalized spacial score (nSPS) is 11.5. The number of pyridine rings is 1. The number of fused-ring (bicyclic) bond motifs is 2. The molecule has 0 fully saturated rings. The summed E-state index contributed by atoms with van der Waals surface area (Å²) < 4.78 is 7.88. The van der Waals surface area contributed by atoms with E-state index in [4.69, 9.17) is 4.74 Å². The Bertz CT molecular complexity index is 1180. The van der Waals surface area contributed by atoms with Crippen LogP contribution in [0.2, 0.25) is 0 Å². The Hall–Kier alpha value is -2.87. The van der Waals surface area contributed by atoms with E-state index in [1.165, 1.54) is 49.6 Å². The van der Waals surface area contributed by atoms with Gasteiger partial charge in [-0.2, -0.15) is 4.57 Å². The van der Waals surface area contributed by atoms with Gasteiger partial charge in [-0.15, -0.1) is 0 Å². The Labute approximate surface area is 167 Å². The van der Waals surface area contributed by atoms with Gasteiger partial charge in [-0.05, 0) is 60.2 Å². The Morgan fingerprint density at radius 3 is 2.00 bits per heavy atom.